The van der Waals surface area contributed by atoms with Gasteiger partial charge in [-0.25, -0.2) is 0 Å². The molecule has 1 aliphatic heterocycles. The second-order valence-electron chi connectivity index (χ2n) is 10.2. The van der Waals surface area contributed by atoms with E-state index in [-0.39, 0.29) is 35.5 Å². The number of allylic oxidation sites excluding steroid dienone is 2. The molecule has 1 saturated heterocycles. The minimum Gasteiger partial charge on any atom is -0.489 e. The van der Waals surface area contributed by atoms with E-state index in [4.69, 9.17) is 4.74 Å². The molecule has 2 aliphatic carbocycles. The van der Waals surface area contributed by atoms with Crippen molar-refractivity contribution in [3.05, 3.63) is 94.8 Å². The van der Waals surface area contributed by atoms with Crippen LogP contribution in [-0.4, -0.2) is 27.6 Å². The summed E-state index contributed by atoms with van der Waals surface area (Å²) < 4.78 is 8.09. The van der Waals surface area contributed by atoms with Crippen LogP contribution in [0.5, 0.6) is 5.75 Å². The molecule has 1 saturated carbocycles. The van der Waals surface area contributed by atoms with Gasteiger partial charge in [0.05, 0.1) is 18.1 Å². The maximum Gasteiger partial charge on any atom is 0.254 e. The molecule has 3 aromatic rings. The highest BCUT2D eigenvalue weighted by atomic mass is 16.5. The van der Waals surface area contributed by atoms with E-state index < -0.39 is 0 Å². The lowest BCUT2D eigenvalue weighted by atomic mass is 9.85. The fourth-order valence-corrected chi connectivity index (χ4v) is 5.98. The Morgan fingerprint density at radius 2 is 1.56 bits per heavy atom. The van der Waals surface area contributed by atoms with Gasteiger partial charge in [0.1, 0.15) is 12.4 Å². The highest BCUT2D eigenvalue weighted by molar-refractivity contribution is 6.06. The van der Waals surface area contributed by atoms with Gasteiger partial charge in [-0.15, -0.1) is 0 Å². The first-order valence-electron chi connectivity index (χ1n) is 12.5. The molecule has 6 rings (SSSR count). The fraction of sp³-hybridized carbons (Fsp3) is 0.300. The number of aromatic nitrogens is 1. The van der Waals surface area contributed by atoms with Crippen molar-refractivity contribution >= 4 is 18.0 Å². The molecular formula is C30H29N3O3. The van der Waals surface area contributed by atoms with E-state index in [1.165, 1.54) is 5.56 Å². The van der Waals surface area contributed by atoms with E-state index in [9.17, 15) is 9.59 Å². The van der Waals surface area contributed by atoms with Gasteiger partial charge in [-0.3, -0.25) is 9.59 Å². The number of benzene rings is 2. The molecule has 6 nitrogen and oxygen atoms in total. The van der Waals surface area contributed by atoms with Crippen molar-refractivity contribution in [2.45, 2.75) is 33.8 Å². The number of carbonyl (C=O) groups is 2. The number of imide groups is 1. The monoisotopic (exact) mass is 479 g/mol. The van der Waals surface area contributed by atoms with Gasteiger partial charge in [-0.05, 0) is 74.9 Å². The molecule has 0 N–H and O–H groups in total. The Morgan fingerprint density at radius 3 is 2.19 bits per heavy atom. The summed E-state index contributed by atoms with van der Waals surface area (Å²) in [5.74, 6) is 0.397. The average Bonchev–Trinajstić information content (AvgIpc) is 3.62. The molecule has 6 heteroatoms. The number of aryl methyl sites for hydroxylation is 2. The van der Waals surface area contributed by atoms with Crippen LogP contribution < -0.4 is 4.74 Å². The van der Waals surface area contributed by atoms with Crippen molar-refractivity contribution in [1.29, 1.82) is 0 Å². The molecule has 0 radical (unpaired) electrons. The molecule has 2 aromatic carbocycles. The van der Waals surface area contributed by atoms with Gasteiger partial charge >= 0.3 is 0 Å². The van der Waals surface area contributed by atoms with Crippen LogP contribution in [0.25, 0.3) is 5.69 Å². The zero-order valence-corrected chi connectivity index (χ0v) is 20.7. The third-order valence-corrected chi connectivity index (χ3v) is 7.85. The van der Waals surface area contributed by atoms with E-state index in [2.05, 4.69) is 53.0 Å². The minimum atomic E-state index is -0.233. The van der Waals surface area contributed by atoms with Crippen LogP contribution in [-0.2, 0) is 16.2 Å². The molecule has 2 fully saturated rings. The molecule has 2 bridgehead atoms. The summed E-state index contributed by atoms with van der Waals surface area (Å²) in [5.41, 5.74) is 6.29. The normalized spacial score (nSPS) is 24.4. The van der Waals surface area contributed by atoms with Crippen LogP contribution in [0.1, 0.15) is 34.5 Å². The smallest absolute Gasteiger partial charge is 0.254 e. The first-order chi connectivity index (χ1) is 17.4. The standard InChI is InChI=1S/C30H29N3O3/c1-18-4-6-21(7-5-18)17-36-26-12-10-25(11-13-26)32-19(2)14-24(20(32)3)16-31-33-29(34)27-22-8-9-23(15-22)28(27)30(33)35/h4-14,16,22-23,27-28H,15,17H2,1-3H3. The SMILES string of the molecule is Cc1ccc(COc2ccc(-n3c(C)cc(C=NN4C(=O)C5C6C=CC(C6)C5C4=O)c3C)cc2)cc1. The summed E-state index contributed by atoms with van der Waals surface area (Å²) >= 11 is 0. The van der Waals surface area contributed by atoms with Crippen molar-refractivity contribution < 1.29 is 14.3 Å². The summed E-state index contributed by atoms with van der Waals surface area (Å²) in [4.78, 5) is 25.8. The summed E-state index contributed by atoms with van der Waals surface area (Å²) in [7, 11) is 0. The van der Waals surface area contributed by atoms with Crippen molar-refractivity contribution in [2.75, 3.05) is 0 Å². The number of rotatable bonds is 6. The molecule has 1 aromatic heterocycles. The Balaban J connectivity index is 1.17. The highest BCUT2D eigenvalue weighted by Gasteiger charge is 2.59. The van der Waals surface area contributed by atoms with Crippen LogP contribution in [0.3, 0.4) is 0 Å². The van der Waals surface area contributed by atoms with E-state index in [1.54, 1.807) is 6.21 Å². The maximum absolute atomic E-state index is 12.9. The predicted octanol–water partition coefficient (Wildman–Crippen LogP) is 5.12. The van der Waals surface area contributed by atoms with Crippen LogP contribution >= 0.6 is 0 Å². The number of carbonyl (C=O) groups excluding carboxylic acids is 2. The van der Waals surface area contributed by atoms with Crippen molar-refractivity contribution in [2.24, 2.45) is 28.8 Å². The minimum absolute atomic E-state index is 0.159. The Morgan fingerprint density at radius 1 is 0.917 bits per heavy atom. The van der Waals surface area contributed by atoms with E-state index >= 15 is 0 Å². The van der Waals surface area contributed by atoms with E-state index in [1.807, 2.05) is 44.2 Å². The number of fused-ring (bicyclic) bond motifs is 5. The van der Waals surface area contributed by atoms with Crippen molar-refractivity contribution in [3.8, 4) is 11.4 Å². The lowest BCUT2D eigenvalue weighted by Gasteiger charge is -2.13. The van der Waals surface area contributed by atoms with Crippen LogP contribution in [0.15, 0.2) is 71.9 Å². The Hall–Kier alpha value is -3.93. The van der Waals surface area contributed by atoms with Gasteiger partial charge in [-0.1, -0.05) is 42.0 Å². The number of hydrogen-bond donors (Lipinski definition) is 0. The maximum atomic E-state index is 12.9. The topological polar surface area (TPSA) is 63.9 Å². The summed E-state index contributed by atoms with van der Waals surface area (Å²) in [5, 5.41) is 5.47. The third-order valence-electron chi connectivity index (χ3n) is 7.85. The number of ether oxygens (including phenoxy) is 1. The van der Waals surface area contributed by atoms with E-state index in [0.717, 1.165) is 45.4 Å². The van der Waals surface area contributed by atoms with Crippen LogP contribution in [0.2, 0.25) is 0 Å². The number of nitrogens with zero attached hydrogens (tertiary/aromatic N) is 3. The molecule has 2 heterocycles. The van der Waals surface area contributed by atoms with E-state index in [0.29, 0.717) is 6.61 Å². The Bertz CT molecular complexity index is 1370. The second-order valence-corrected chi connectivity index (χ2v) is 10.2. The summed E-state index contributed by atoms with van der Waals surface area (Å²) in [6.07, 6.45) is 6.75. The Labute approximate surface area is 210 Å². The highest BCUT2D eigenvalue weighted by Crippen LogP contribution is 2.52. The zero-order chi connectivity index (χ0) is 25.0. The quantitative estimate of drug-likeness (QED) is 0.280. The molecule has 36 heavy (non-hydrogen) atoms. The second kappa shape index (κ2) is 8.63. The molecule has 4 atom stereocenters. The Kier molecular flexibility index (Phi) is 5.40. The molecule has 182 valence electrons. The first-order valence-corrected chi connectivity index (χ1v) is 12.5. The molecule has 3 aliphatic rings. The predicted molar refractivity (Wildman–Crippen MR) is 138 cm³/mol. The van der Waals surface area contributed by atoms with Gasteiger partial charge in [0, 0.05) is 22.6 Å². The third kappa shape index (κ3) is 3.68. The van der Waals surface area contributed by atoms with Gasteiger partial charge in [-0.2, -0.15) is 10.1 Å². The summed E-state index contributed by atoms with van der Waals surface area (Å²) in [6, 6.07) is 18.4. The molecule has 4 unspecified atom stereocenters. The van der Waals surface area contributed by atoms with Crippen LogP contribution in [0.4, 0.5) is 0 Å². The van der Waals surface area contributed by atoms with Crippen LogP contribution in [0, 0.1) is 44.4 Å². The van der Waals surface area contributed by atoms with Gasteiger partial charge < -0.3 is 9.30 Å². The first kappa shape index (κ1) is 22.5. The van der Waals surface area contributed by atoms with Crippen molar-refractivity contribution in [3.63, 3.8) is 0 Å². The fourth-order valence-electron chi connectivity index (χ4n) is 5.98. The number of hydrogen-bond acceptors (Lipinski definition) is 4. The largest absolute Gasteiger partial charge is 0.489 e. The molecule has 2 amide bonds. The number of amides is 2. The van der Waals surface area contributed by atoms with Gasteiger partial charge in [0.25, 0.3) is 11.8 Å². The van der Waals surface area contributed by atoms with Gasteiger partial charge in [0.15, 0.2) is 0 Å². The number of hydrazone groups is 1. The molecular weight excluding hydrogens is 450 g/mol. The molecule has 0 spiro atoms. The lowest BCUT2D eigenvalue weighted by Crippen LogP contribution is -2.28. The summed E-state index contributed by atoms with van der Waals surface area (Å²) in [6.45, 7) is 6.65. The van der Waals surface area contributed by atoms with Crippen molar-refractivity contribution in [1.82, 2.24) is 9.58 Å². The average molecular weight is 480 g/mol. The zero-order valence-electron chi connectivity index (χ0n) is 20.7. The lowest BCUT2D eigenvalue weighted by molar-refractivity contribution is -0.140. The van der Waals surface area contributed by atoms with Gasteiger partial charge in [0.2, 0.25) is 0 Å².